The SMILES string of the molecule is O=S(=O)(Oc1cc(-c2ccccc2)ncc1-c1ccccc1-c1cc(CCc2ccc(-c3ccccc3)nc2)cc(CCc2ccc(-c3ccccc3)nc2)c1)C(F)(F)F. The third kappa shape index (κ3) is 9.35. The Morgan fingerprint density at radius 1 is 0.417 bits per heavy atom. The highest BCUT2D eigenvalue weighted by Crippen LogP contribution is 2.41. The summed E-state index contributed by atoms with van der Waals surface area (Å²) in [5.41, 5.74) is 5.35. The van der Waals surface area contributed by atoms with Crippen LogP contribution in [0.4, 0.5) is 13.2 Å². The maximum atomic E-state index is 13.8. The lowest BCUT2D eigenvalue weighted by atomic mass is 9.90. The molecular formula is C50H38F3N3O3S. The number of halogens is 3. The second-order valence-corrected chi connectivity index (χ2v) is 15.9. The van der Waals surface area contributed by atoms with Crippen molar-refractivity contribution in [3.63, 3.8) is 0 Å². The first-order chi connectivity index (χ1) is 29.1. The van der Waals surface area contributed by atoms with Gasteiger partial charge in [0, 0.05) is 46.9 Å². The highest BCUT2D eigenvalue weighted by atomic mass is 32.2. The highest BCUT2D eigenvalue weighted by molar-refractivity contribution is 7.88. The average Bonchev–Trinajstić information content (AvgIpc) is 3.28. The summed E-state index contributed by atoms with van der Waals surface area (Å²) in [5, 5.41) is 0. The first-order valence-corrected chi connectivity index (χ1v) is 20.8. The average molecular weight is 818 g/mol. The fourth-order valence-electron chi connectivity index (χ4n) is 7.10. The molecule has 0 bridgehead atoms. The van der Waals surface area contributed by atoms with Gasteiger partial charge < -0.3 is 4.18 Å². The number of hydrogen-bond donors (Lipinski definition) is 0. The van der Waals surface area contributed by atoms with Crippen LogP contribution in [-0.2, 0) is 35.8 Å². The summed E-state index contributed by atoms with van der Waals surface area (Å²) in [5.74, 6) is -0.483. The molecule has 6 nitrogen and oxygen atoms in total. The van der Waals surface area contributed by atoms with E-state index in [1.165, 1.54) is 12.3 Å². The Labute approximate surface area is 347 Å². The fraction of sp³-hybridized carbons (Fsp3) is 0.100. The van der Waals surface area contributed by atoms with E-state index in [9.17, 15) is 21.6 Å². The highest BCUT2D eigenvalue weighted by Gasteiger charge is 2.49. The number of aromatic nitrogens is 3. The molecular weight excluding hydrogens is 780 g/mol. The summed E-state index contributed by atoms with van der Waals surface area (Å²) >= 11 is 0. The molecule has 0 unspecified atom stereocenters. The van der Waals surface area contributed by atoms with Gasteiger partial charge in [-0.05, 0) is 76.8 Å². The van der Waals surface area contributed by atoms with Crippen LogP contribution in [-0.4, -0.2) is 28.9 Å². The first-order valence-electron chi connectivity index (χ1n) is 19.4. The van der Waals surface area contributed by atoms with Crippen molar-refractivity contribution in [1.82, 2.24) is 15.0 Å². The number of pyridine rings is 3. The second-order valence-electron chi connectivity index (χ2n) is 14.3. The zero-order valence-electron chi connectivity index (χ0n) is 32.3. The van der Waals surface area contributed by atoms with E-state index in [1.807, 2.05) is 97.3 Å². The Kier molecular flexibility index (Phi) is 11.7. The molecule has 0 radical (unpaired) electrons. The Morgan fingerprint density at radius 2 is 0.850 bits per heavy atom. The largest absolute Gasteiger partial charge is 0.534 e. The number of nitrogens with zero attached hydrogens (tertiary/aromatic N) is 3. The van der Waals surface area contributed by atoms with Crippen LogP contribution < -0.4 is 4.18 Å². The lowest BCUT2D eigenvalue weighted by Gasteiger charge is -2.18. The molecule has 3 heterocycles. The van der Waals surface area contributed by atoms with Crippen LogP contribution in [0.2, 0.25) is 0 Å². The molecule has 0 N–H and O–H groups in total. The van der Waals surface area contributed by atoms with Gasteiger partial charge in [-0.1, -0.05) is 146 Å². The summed E-state index contributed by atoms with van der Waals surface area (Å²) in [6.07, 6.45) is 7.98. The quantitative estimate of drug-likeness (QED) is 0.0851. The predicted octanol–water partition coefficient (Wildman–Crippen LogP) is 12.0. The van der Waals surface area contributed by atoms with E-state index in [1.54, 1.807) is 42.5 Å². The van der Waals surface area contributed by atoms with Gasteiger partial charge in [-0.25, -0.2) is 0 Å². The molecule has 3 aromatic heterocycles. The van der Waals surface area contributed by atoms with Crippen molar-refractivity contribution in [2.24, 2.45) is 0 Å². The Bertz CT molecular complexity index is 2720. The van der Waals surface area contributed by atoms with Gasteiger partial charge in [0.15, 0.2) is 5.75 Å². The monoisotopic (exact) mass is 817 g/mol. The smallest absolute Gasteiger partial charge is 0.375 e. The number of alkyl halides is 3. The standard InChI is InChI=1S/C50H38F3N3O3S/c51-50(52,53)60(57,58)59-49-31-48(41-16-8-3-9-17-41)56-34-45(49)44-19-11-10-18-43(44)42-29-37(22-20-35-24-26-46(54-32-35)39-12-4-1-5-13-39)28-38(30-42)23-21-36-25-27-47(55-33-36)40-14-6-2-7-15-40/h1-19,24-34H,20-23H2. The molecule has 5 aromatic carbocycles. The topological polar surface area (TPSA) is 82.0 Å². The minimum absolute atomic E-state index is 0.0965. The molecule has 0 atom stereocenters. The third-order valence-corrected chi connectivity index (χ3v) is 11.2. The van der Waals surface area contributed by atoms with E-state index in [0.29, 0.717) is 29.5 Å². The summed E-state index contributed by atoms with van der Waals surface area (Å²) in [4.78, 5) is 14.0. The van der Waals surface area contributed by atoms with Crippen molar-refractivity contribution in [2.75, 3.05) is 0 Å². The van der Waals surface area contributed by atoms with Gasteiger partial charge in [0.2, 0.25) is 0 Å². The molecule has 0 aliphatic rings. The van der Waals surface area contributed by atoms with Gasteiger partial charge in [0.1, 0.15) is 0 Å². The Morgan fingerprint density at radius 3 is 1.32 bits per heavy atom. The number of rotatable bonds is 13. The van der Waals surface area contributed by atoms with E-state index in [2.05, 4.69) is 35.3 Å². The Hall–Kier alpha value is -6.91. The van der Waals surface area contributed by atoms with E-state index in [-0.39, 0.29) is 11.3 Å². The number of hydrogen-bond acceptors (Lipinski definition) is 6. The lowest BCUT2D eigenvalue weighted by molar-refractivity contribution is -0.0499. The first kappa shape index (κ1) is 39.9. The van der Waals surface area contributed by atoms with Crippen LogP contribution in [0.25, 0.3) is 56.0 Å². The molecule has 10 heteroatoms. The van der Waals surface area contributed by atoms with Gasteiger partial charge in [-0.2, -0.15) is 21.6 Å². The summed E-state index contributed by atoms with van der Waals surface area (Å²) < 4.78 is 71.1. The van der Waals surface area contributed by atoms with E-state index >= 15 is 0 Å². The maximum absolute atomic E-state index is 13.8. The lowest BCUT2D eigenvalue weighted by Crippen LogP contribution is -2.28. The second kappa shape index (κ2) is 17.5. The molecule has 0 saturated carbocycles. The van der Waals surface area contributed by atoms with Crippen molar-refractivity contribution < 1.29 is 25.8 Å². The van der Waals surface area contributed by atoms with Crippen LogP contribution in [0, 0.1) is 0 Å². The minimum atomic E-state index is -6.01. The summed E-state index contributed by atoms with van der Waals surface area (Å²) in [6.45, 7) is 0. The van der Waals surface area contributed by atoms with Crippen molar-refractivity contribution in [2.45, 2.75) is 31.2 Å². The number of aryl methyl sites for hydroxylation is 4. The molecule has 0 spiro atoms. The van der Waals surface area contributed by atoms with Gasteiger partial charge in [-0.3, -0.25) is 15.0 Å². The van der Waals surface area contributed by atoms with E-state index in [0.717, 1.165) is 63.2 Å². The molecule has 298 valence electrons. The molecule has 0 saturated heterocycles. The van der Waals surface area contributed by atoms with E-state index in [4.69, 9.17) is 14.2 Å². The van der Waals surface area contributed by atoms with Gasteiger partial charge >= 0.3 is 15.6 Å². The van der Waals surface area contributed by atoms with Crippen LogP contribution in [0.15, 0.2) is 182 Å². The number of benzene rings is 5. The molecule has 60 heavy (non-hydrogen) atoms. The van der Waals surface area contributed by atoms with Crippen molar-refractivity contribution in [1.29, 1.82) is 0 Å². The normalized spacial score (nSPS) is 11.7. The molecule has 0 aliphatic carbocycles. The maximum Gasteiger partial charge on any atom is 0.534 e. The van der Waals surface area contributed by atoms with Crippen LogP contribution in [0.5, 0.6) is 5.75 Å². The third-order valence-electron chi connectivity index (χ3n) is 10.2. The summed E-state index contributed by atoms with van der Waals surface area (Å²) in [6, 6.07) is 51.7. The van der Waals surface area contributed by atoms with Crippen LogP contribution in [0.1, 0.15) is 22.3 Å². The zero-order chi connectivity index (χ0) is 41.5. The van der Waals surface area contributed by atoms with Gasteiger partial charge in [0.25, 0.3) is 0 Å². The van der Waals surface area contributed by atoms with Crippen molar-refractivity contribution >= 4 is 10.1 Å². The molecule has 8 rings (SSSR count). The predicted molar refractivity (Wildman–Crippen MR) is 230 cm³/mol. The van der Waals surface area contributed by atoms with Crippen molar-refractivity contribution in [3.05, 3.63) is 205 Å². The zero-order valence-corrected chi connectivity index (χ0v) is 33.1. The van der Waals surface area contributed by atoms with Gasteiger partial charge in [-0.15, -0.1) is 0 Å². The fourth-order valence-corrected chi connectivity index (χ4v) is 7.57. The molecule has 0 fully saturated rings. The van der Waals surface area contributed by atoms with Crippen molar-refractivity contribution in [3.8, 4) is 61.8 Å². The van der Waals surface area contributed by atoms with E-state index < -0.39 is 21.4 Å². The molecule has 0 amide bonds. The van der Waals surface area contributed by atoms with Crippen LogP contribution in [0.3, 0.4) is 0 Å². The molecule has 8 aromatic rings. The summed E-state index contributed by atoms with van der Waals surface area (Å²) in [7, 11) is -6.01. The van der Waals surface area contributed by atoms with Gasteiger partial charge in [0.05, 0.1) is 17.1 Å². The Balaban J connectivity index is 1.15. The minimum Gasteiger partial charge on any atom is -0.375 e. The molecule has 0 aliphatic heterocycles. The van der Waals surface area contributed by atoms with Crippen LogP contribution >= 0.6 is 0 Å².